The number of fused-ring (bicyclic) bond motifs is 1. The third-order valence-electron chi connectivity index (χ3n) is 4.57. The summed E-state index contributed by atoms with van der Waals surface area (Å²) in [5, 5.41) is 2.99. The Bertz CT molecular complexity index is 932. The van der Waals surface area contributed by atoms with Gasteiger partial charge in [-0.1, -0.05) is 30.3 Å². The SMILES string of the molecule is Cc1ccccc1NC(=O)c1nc2ccccc2nc1N1CCCC1. The fourth-order valence-electron chi connectivity index (χ4n) is 3.19. The maximum atomic E-state index is 12.9. The zero-order valence-electron chi connectivity index (χ0n) is 14.2. The zero-order chi connectivity index (χ0) is 17.2. The fourth-order valence-corrected chi connectivity index (χ4v) is 3.19. The average molecular weight is 332 g/mol. The van der Waals surface area contributed by atoms with E-state index in [4.69, 9.17) is 4.98 Å². The minimum absolute atomic E-state index is 0.213. The van der Waals surface area contributed by atoms with E-state index in [0.29, 0.717) is 11.5 Å². The Morgan fingerprint density at radius 1 is 0.960 bits per heavy atom. The standard InChI is InChI=1S/C20H20N4O/c1-14-8-2-3-9-15(14)23-20(25)18-19(24-12-6-7-13-24)22-17-11-5-4-10-16(17)21-18/h2-5,8-11H,6-7,12-13H2,1H3,(H,23,25). The quantitative estimate of drug-likeness (QED) is 0.793. The van der Waals surface area contributed by atoms with E-state index in [-0.39, 0.29) is 5.91 Å². The molecule has 0 saturated carbocycles. The molecule has 25 heavy (non-hydrogen) atoms. The van der Waals surface area contributed by atoms with Crippen molar-refractivity contribution in [2.45, 2.75) is 19.8 Å². The number of benzene rings is 2. The highest BCUT2D eigenvalue weighted by Gasteiger charge is 2.23. The Hall–Kier alpha value is -2.95. The predicted octanol–water partition coefficient (Wildman–Crippen LogP) is 3.79. The molecule has 1 amide bonds. The minimum atomic E-state index is -0.213. The molecule has 1 aliphatic heterocycles. The molecular weight excluding hydrogens is 312 g/mol. The maximum absolute atomic E-state index is 12.9. The van der Waals surface area contributed by atoms with Crippen LogP contribution in [0.25, 0.3) is 11.0 Å². The van der Waals surface area contributed by atoms with Crippen molar-refractivity contribution in [3.05, 3.63) is 59.8 Å². The van der Waals surface area contributed by atoms with Gasteiger partial charge < -0.3 is 10.2 Å². The van der Waals surface area contributed by atoms with Gasteiger partial charge >= 0.3 is 0 Å². The highest BCUT2D eigenvalue weighted by Crippen LogP contribution is 2.25. The van der Waals surface area contributed by atoms with Crippen LogP contribution in [-0.2, 0) is 0 Å². The highest BCUT2D eigenvalue weighted by molar-refractivity contribution is 6.07. The summed E-state index contributed by atoms with van der Waals surface area (Å²) in [4.78, 5) is 24.5. The molecule has 2 heterocycles. The molecule has 2 aromatic carbocycles. The molecule has 1 aromatic heterocycles. The molecule has 1 saturated heterocycles. The summed E-state index contributed by atoms with van der Waals surface area (Å²) in [6.07, 6.45) is 2.24. The molecule has 1 aliphatic rings. The lowest BCUT2D eigenvalue weighted by molar-refractivity contribution is 0.102. The molecule has 0 spiro atoms. The van der Waals surface area contributed by atoms with E-state index in [1.165, 1.54) is 0 Å². The van der Waals surface area contributed by atoms with E-state index in [2.05, 4.69) is 15.2 Å². The molecule has 1 fully saturated rings. The molecule has 4 rings (SSSR count). The zero-order valence-corrected chi connectivity index (χ0v) is 14.2. The van der Waals surface area contributed by atoms with Crippen molar-refractivity contribution in [1.82, 2.24) is 9.97 Å². The van der Waals surface area contributed by atoms with Gasteiger partial charge in [-0.3, -0.25) is 4.79 Å². The molecule has 0 unspecified atom stereocenters. The van der Waals surface area contributed by atoms with Gasteiger partial charge in [-0.25, -0.2) is 9.97 Å². The summed E-state index contributed by atoms with van der Waals surface area (Å²) in [7, 11) is 0. The Morgan fingerprint density at radius 3 is 2.32 bits per heavy atom. The van der Waals surface area contributed by atoms with Crippen molar-refractivity contribution in [3.63, 3.8) is 0 Å². The van der Waals surface area contributed by atoms with Gasteiger partial charge in [0.2, 0.25) is 0 Å². The van der Waals surface area contributed by atoms with Crippen LogP contribution in [-0.4, -0.2) is 29.0 Å². The largest absolute Gasteiger partial charge is 0.355 e. The van der Waals surface area contributed by atoms with Crippen molar-refractivity contribution >= 4 is 28.4 Å². The van der Waals surface area contributed by atoms with Crippen molar-refractivity contribution in [1.29, 1.82) is 0 Å². The van der Waals surface area contributed by atoms with Crippen LogP contribution >= 0.6 is 0 Å². The van der Waals surface area contributed by atoms with Crippen molar-refractivity contribution in [2.24, 2.45) is 0 Å². The number of rotatable bonds is 3. The average Bonchev–Trinajstić information content (AvgIpc) is 3.17. The number of hydrogen-bond donors (Lipinski definition) is 1. The van der Waals surface area contributed by atoms with Crippen LogP contribution in [0.3, 0.4) is 0 Å². The lowest BCUT2D eigenvalue weighted by atomic mass is 10.2. The summed E-state index contributed by atoms with van der Waals surface area (Å²) in [5.74, 6) is 0.469. The molecule has 0 bridgehead atoms. The molecule has 1 N–H and O–H groups in total. The van der Waals surface area contributed by atoms with Crippen LogP contribution in [0.5, 0.6) is 0 Å². The van der Waals surface area contributed by atoms with Crippen LogP contribution in [0.15, 0.2) is 48.5 Å². The fraction of sp³-hybridized carbons (Fsp3) is 0.250. The molecule has 3 aromatic rings. The molecular formula is C20H20N4O. The lowest BCUT2D eigenvalue weighted by Crippen LogP contribution is -2.25. The number of amides is 1. The summed E-state index contributed by atoms with van der Waals surface area (Å²) in [6.45, 7) is 3.80. The number of nitrogens with zero attached hydrogens (tertiary/aromatic N) is 3. The number of para-hydroxylation sites is 3. The predicted molar refractivity (Wildman–Crippen MR) is 100 cm³/mol. The second-order valence-corrected chi connectivity index (χ2v) is 6.35. The van der Waals surface area contributed by atoms with E-state index >= 15 is 0 Å². The van der Waals surface area contributed by atoms with Gasteiger partial charge in [0.05, 0.1) is 11.0 Å². The van der Waals surface area contributed by atoms with Gasteiger partial charge in [0.25, 0.3) is 5.91 Å². The van der Waals surface area contributed by atoms with E-state index in [1.54, 1.807) is 0 Å². The minimum Gasteiger partial charge on any atom is -0.355 e. The van der Waals surface area contributed by atoms with Gasteiger partial charge in [-0.05, 0) is 43.5 Å². The summed E-state index contributed by atoms with van der Waals surface area (Å²) >= 11 is 0. The lowest BCUT2D eigenvalue weighted by Gasteiger charge is -2.20. The van der Waals surface area contributed by atoms with E-state index < -0.39 is 0 Å². The number of nitrogens with one attached hydrogen (secondary N) is 1. The Kier molecular flexibility index (Phi) is 4.06. The smallest absolute Gasteiger partial charge is 0.278 e. The van der Waals surface area contributed by atoms with E-state index in [1.807, 2.05) is 55.5 Å². The molecule has 0 radical (unpaired) electrons. The highest BCUT2D eigenvalue weighted by atomic mass is 16.1. The van der Waals surface area contributed by atoms with Gasteiger partial charge in [-0.15, -0.1) is 0 Å². The number of anilines is 2. The third kappa shape index (κ3) is 3.05. The van der Waals surface area contributed by atoms with Crippen molar-refractivity contribution in [3.8, 4) is 0 Å². The number of carbonyl (C=O) groups is 1. The normalized spacial score (nSPS) is 14.0. The van der Waals surface area contributed by atoms with E-state index in [0.717, 1.165) is 48.2 Å². The first-order chi connectivity index (χ1) is 12.2. The first-order valence-electron chi connectivity index (χ1n) is 8.61. The van der Waals surface area contributed by atoms with Crippen LogP contribution in [0, 0.1) is 6.92 Å². The Balaban J connectivity index is 1.77. The first-order valence-corrected chi connectivity index (χ1v) is 8.61. The van der Waals surface area contributed by atoms with Gasteiger partial charge in [-0.2, -0.15) is 0 Å². The van der Waals surface area contributed by atoms with Crippen LogP contribution in [0.1, 0.15) is 28.9 Å². The topological polar surface area (TPSA) is 58.1 Å². The molecule has 126 valence electrons. The van der Waals surface area contributed by atoms with Crippen LogP contribution in [0.2, 0.25) is 0 Å². The maximum Gasteiger partial charge on any atom is 0.278 e. The molecule has 0 atom stereocenters. The Morgan fingerprint density at radius 2 is 1.60 bits per heavy atom. The van der Waals surface area contributed by atoms with Gasteiger partial charge in [0, 0.05) is 18.8 Å². The van der Waals surface area contributed by atoms with Crippen molar-refractivity contribution in [2.75, 3.05) is 23.3 Å². The third-order valence-corrected chi connectivity index (χ3v) is 4.57. The number of aryl methyl sites for hydroxylation is 1. The number of aromatic nitrogens is 2. The second-order valence-electron chi connectivity index (χ2n) is 6.35. The summed E-state index contributed by atoms with van der Waals surface area (Å²) in [5.41, 5.74) is 3.77. The van der Waals surface area contributed by atoms with Crippen molar-refractivity contribution < 1.29 is 4.79 Å². The summed E-state index contributed by atoms with van der Waals surface area (Å²) in [6, 6.07) is 15.4. The summed E-state index contributed by atoms with van der Waals surface area (Å²) < 4.78 is 0. The second kappa shape index (κ2) is 6.51. The van der Waals surface area contributed by atoms with Crippen LogP contribution in [0.4, 0.5) is 11.5 Å². The van der Waals surface area contributed by atoms with Gasteiger partial charge in [0.15, 0.2) is 11.5 Å². The monoisotopic (exact) mass is 332 g/mol. The number of carbonyl (C=O) groups excluding carboxylic acids is 1. The number of hydrogen-bond acceptors (Lipinski definition) is 4. The first kappa shape index (κ1) is 15.6. The molecule has 5 nitrogen and oxygen atoms in total. The molecule has 5 heteroatoms. The Labute approximate surface area is 146 Å². The van der Waals surface area contributed by atoms with E-state index in [9.17, 15) is 4.79 Å². The molecule has 0 aliphatic carbocycles. The van der Waals surface area contributed by atoms with Gasteiger partial charge in [0.1, 0.15) is 0 Å². The van der Waals surface area contributed by atoms with Crippen LogP contribution < -0.4 is 10.2 Å².